The van der Waals surface area contributed by atoms with Crippen LogP contribution in [0.25, 0.3) is 0 Å². The zero-order chi connectivity index (χ0) is 17.7. The minimum atomic E-state index is -0.939. The van der Waals surface area contributed by atoms with Gasteiger partial charge in [-0.15, -0.1) is 0 Å². The first-order chi connectivity index (χ1) is 11.4. The van der Waals surface area contributed by atoms with E-state index >= 15 is 0 Å². The molecule has 1 aromatic rings. The molecule has 132 valence electrons. The third-order valence-electron chi connectivity index (χ3n) is 4.43. The molecule has 0 heterocycles. The molecule has 2 N–H and O–H groups in total. The van der Waals surface area contributed by atoms with Gasteiger partial charge in [-0.1, -0.05) is 18.9 Å². The predicted molar refractivity (Wildman–Crippen MR) is 87.1 cm³/mol. The quantitative estimate of drug-likeness (QED) is 0.837. The Kier molecular flexibility index (Phi) is 6.29. The molecule has 2 atom stereocenters. The molecule has 0 bridgehead atoms. The van der Waals surface area contributed by atoms with Gasteiger partial charge in [0.2, 0.25) is 11.8 Å². The summed E-state index contributed by atoms with van der Waals surface area (Å²) >= 11 is 0. The molecular formula is C18H24F2N2O2. The van der Waals surface area contributed by atoms with Crippen molar-refractivity contribution in [1.82, 2.24) is 10.6 Å². The van der Waals surface area contributed by atoms with Crippen LogP contribution in [0.5, 0.6) is 0 Å². The van der Waals surface area contributed by atoms with Gasteiger partial charge in [0.25, 0.3) is 0 Å². The third-order valence-corrected chi connectivity index (χ3v) is 4.43. The van der Waals surface area contributed by atoms with E-state index in [2.05, 4.69) is 10.6 Å². The summed E-state index contributed by atoms with van der Waals surface area (Å²) in [4.78, 5) is 24.1. The molecule has 24 heavy (non-hydrogen) atoms. The number of halogens is 2. The fourth-order valence-corrected chi connectivity index (χ4v) is 3.04. The molecular weight excluding hydrogens is 314 g/mol. The van der Waals surface area contributed by atoms with Gasteiger partial charge in [-0.05, 0) is 44.4 Å². The van der Waals surface area contributed by atoms with Gasteiger partial charge in [-0.2, -0.15) is 0 Å². The molecule has 1 aliphatic rings. The molecule has 0 unspecified atom stereocenters. The van der Waals surface area contributed by atoms with Crippen molar-refractivity contribution < 1.29 is 18.4 Å². The lowest BCUT2D eigenvalue weighted by Gasteiger charge is -2.19. The molecule has 1 saturated carbocycles. The number of hydrogen-bond acceptors (Lipinski definition) is 2. The second-order valence-electron chi connectivity index (χ2n) is 6.56. The van der Waals surface area contributed by atoms with Crippen molar-refractivity contribution in [2.75, 3.05) is 0 Å². The van der Waals surface area contributed by atoms with Gasteiger partial charge >= 0.3 is 0 Å². The highest BCUT2D eigenvalue weighted by Crippen LogP contribution is 2.24. The molecule has 1 aromatic carbocycles. The molecule has 1 aliphatic carbocycles. The summed E-state index contributed by atoms with van der Waals surface area (Å²) in [6.45, 7) is 3.49. The average Bonchev–Trinajstić information content (AvgIpc) is 3.03. The monoisotopic (exact) mass is 338 g/mol. The standard InChI is InChI=1S/C18H24F2N2O2/c1-11(21-18(24)13-5-3-4-6-13)9-17(23)22-12(2)14-7-8-15(19)16(20)10-14/h7-8,10-13H,3-6,9H2,1-2H3,(H,21,24)(H,22,23)/t11-,12+/m0/s1. The topological polar surface area (TPSA) is 58.2 Å². The molecule has 0 aromatic heterocycles. The molecule has 0 aliphatic heterocycles. The van der Waals surface area contributed by atoms with E-state index in [1.165, 1.54) is 6.07 Å². The first-order valence-electron chi connectivity index (χ1n) is 8.41. The molecule has 0 saturated heterocycles. The number of amides is 2. The highest BCUT2D eigenvalue weighted by Gasteiger charge is 2.24. The van der Waals surface area contributed by atoms with Gasteiger partial charge in [-0.3, -0.25) is 9.59 Å². The maximum Gasteiger partial charge on any atom is 0.223 e. The Morgan fingerprint density at radius 1 is 1.12 bits per heavy atom. The number of hydrogen-bond donors (Lipinski definition) is 2. The van der Waals surface area contributed by atoms with Crippen molar-refractivity contribution in [3.05, 3.63) is 35.4 Å². The van der Waals surface area contributed by atoms with Gasteiger partial charge < -0.3 is 10.6 Å². The van der Waals surface area contributed by atoms with Crippen LogP contribution < -0.4 is 10.6 Å². The molecule has 0 radical (unpaired) electrons. The summed E-state index contributed by atoms with van der Waals surface area (Å²) in [6, 6.07) is 2.85. The van der Waals surface area contributed by atoms with E-state index in [1.807, 2.05) is 0 Å². The normalized spacial score (nSPS) is 17.3. The van der Waals surface area contributed by atoms with Crippen molar-refractivity contribution >= 4 is 11.8 Å². The summed E-state index contributed by atoms with van der Waals surface area (Å²) < 4.78 is 26.2. The Labute approximate surface area is 141 Å². The van der Waals surface area contributed by atoms with Crippen molar-refractivity contribution in [3.63, 3.8) is 0 Å². The number of carbonyl (C=O) groups excluding carboxylic acids is 2. The van der Waals surface area contributed by atoms with Crippen LogP contribution in [0.4, 0.5) is 8.78 Å². The van der Waals surface area contributed by atoms with Gasteiger partial charge in [0, 0.05) is 18.4 Å². The van der Waals surface area contributed by atoms with Crippen LogP contribution in [0.15, 0.2) is 18.2 Å². The largest absolute Gasteiger partial charge is 0.353 e. The van der Waals surface area contributed by atoms with Gasteiger partial charge in [0.1, 0.15) is 0 Å². The fourth-order valence-electron chi connectivity index (χ4n) is 3.04. The Morgan fingerprint density at radius 3 is 2.42 bits per heavy atom. The van der Waals surface area contributed by atoms with E-state index in [0.29, 0.717) is 5.56 Å². The van der Waals surface area contributed by atoms with Crippen molar-refractivity contribution in [2.45, 2.75) is 58.0 Å². The molecule has 4 nitrogen and oxygen atoms in total. The molecule has 2 rings (SSSR count). The van der Waals surface area contributed by atoms with Crippen molar-refractivity contribution in [3.8, 4) is 0 Å². The third kappa shape index (κ3) is 5.01. The van der Waals surface area contributed by atoms with Crippen molar-refractivity contribution in [1.29, 1.82) is 0 Å². The summed E-state index contributed by atoms with van der Waals surface area (Å²) in [6.07, 6.45) is 4.14. The smallest absolute Gasteiger partial charge is 0.223 e. The molecule has 2 amide bonds. The summed E-state index contributed by atoms with van der Waals surface area (Å²) in [5.41, 5.74) is 0.491. The number of rotatable bonds is 6. The SMILES string of the molecule is C[C@@H](CC(=O)N[C@H](C)c1ccc(F)c(F)c1)NC(=O)C1CCCC1. The van der Waals surface area contributed by atoms with Crippen LogP contribution in [-0.2, 0) is 9.59 Å². The maximum absolute atomic E-state index is 13.2. The van der Waals surface area contributed by atoms with E-state index in [4.69, 9.17) is 0 Å². The average molecular weight is 338 g/mol. The minimum Gasteiger partial charge on any atom is -0.353 e. The van der Waals surface area contributed by atoms with Gasteiger partial charge in [-0.25, -0.2) is 8.78 Å². The second-order valence-corrected chi connectivity index (χ2v) is 6.56. The Morgan fingerprint density at radius 2 is 1.79 bits per heavy atom. The first-order valence-corrected chi connectivity index (χ1v) is 8.41. The summed E-state index contributed by atoms with van der Waals surface area (Å²) in [5, 5.41) is 5.61. The molecule has 0 spiro atoms. The lowest BCUT2D eigenvalue weighted by atomic mass is 10.1. The molecule has 6 heteroatoms. The lowest BCUT2D eigenvalue weighted by molar-refractivity contribution is -0.126. The maximum atomic E-state index is 13.2. The zero-order valence-electron chi connectivity index (χ0n) is 14.1. The predicted octanol–water partition coefficient (Wildman–Crippen LogP) is 3.23. The Hall–Kier alpha value is -1.98. The van der Waals surface area contributed by atoms with E-state index in [1.54, 1.807) is 13.8 Å². The van der Waals surface area contributed by atoms with E-state index in [-0.39, 0.29) is 30.2 Å². The fraction of sp³-hybridized carbons (Fsp3) is 0.556. The number of carbonyl (C=O) groups is 2. The van der Waals surface area contributed by atoms with E-state index < -0.39 is 17.7 Å². The number of benzene rings is 1. The summed E-state index contributed by atoms with van der Waals surface area (Å²) in [5.74, 6) is -2.02. The minimum absolute atomic E-state index is 0.0152. The Bertz CT molecular complexity index is 601. The van der Waals surface area contributed by atoms with E-state index in [9.17, 15) is 18.4 Å². The lowest BCUT2D eigenvalue weighted by Crippen LogP contribution is -2.40. The Balaban J connectivity index is 1.80. The summed E-state index contributed by atoms with van der Waals surface area (Å²) in [7, 11) is 0. The van der Waals surface area contributed by atoms with Crippen LogP contribution in [0.3, 0.4) is 0 Å². The zero-order valence-corrected chi connectivity index (χ0v) is 14.1. The second kappa shape index (κ2) is 8.22. The van der Waals surface area contributed by atoms with E-state index in [0.717, 1.165) is 37.8 Å². The first kappa shape index (κ1) is 18.4. The highest BCUT2D eigenvalue weighted by atomic mass is 19.2. The highest BCUT2D eigenvalue weighted by molar-refractivity contribution is 5.81. The number of nitrogens with one attached hydrogen (secondary N) is 2. The van der Waals surface area contributed by atoms with Gasteiger partial charge in [0.15, 0.2) is 11.6 Å². The van der Waals surface area contributed by atoms with Crippen molar-refractivity contribution in [2.24, 2.45) is 5.92 Å². The van der Waals surface area contributed by atoms with Gasteiger partial charge in [0.05, 0.1) is 6.04 Å². The van der Waals surface area contributed by atoms with Crippen LogP contribution in [-0.4, -0.2) is 17.9 Å². The molecule has 1 fully saturated rings. The van der Waals surface area contributed by atoms with Crippen LogP contribution in [0, 0.1) is 17.6 Å². The van der Waals surface area contributed by atoms with Crippen LogP contribution in [0.1, 0.15) is 57.6 Å². The van der Waals surface area contributed by atoms with Crippen LogP contribution >= 0.6 is 0 Å². The van der Waals surface area contributed by atoms with Crippen LogP contribution in [0.2, 0.25) is 0 Å².